The Morgan fingerprint density at radius 1 is 1.23 bits per heavy atom. The minimum Gasteiger partial charge on any atom is -0.508 e. The lowest BCUT2D eigenvalue weighted by molar-refractivity contribution is -0.116. The molecule has 8 heteroatoms. The largest absolute Gasteiger partial charge is 0.508 e. The molecule has 0 unspecified atom stereocenters. The van der Waals surface area contributed by atoms with E-state index in [4.69, 9.17) is 9.52 Å². The topological polar surface area (TPSA) is 118 Å². The van der Waals surface area contributed by atoms with Crippen LogP contribution in [0.5, 0.6) is 5.75 Å². The molecule has 0 aliphatic heterocycles. The number of aromatic carboxylic acids is 1. The van der Waals surface area contributed by atoms with E-state index in [-0.39, 0.29) is 29.3 Å². The average Bonchev–Trinajstić information content (AvgIpc) is 3.20. The van der Waals surface area contributed by atoms with Crippen molar-refractivity contribution in [3.8, 4) is 17.2 Å². The number of phenols is 1. The minimum absolute atomic E-state index is 0.0372. The van der Waals surface area contributed by atoms with Gasteiger partial charge in [-0.3, -0.25) is 4.79 Å². The number of hydrogen-bond acceptors (Lipinski definition) is 5. The second kappa shape index (κ2) is 7.14. The molecule has 0 saturated heterocycles. The molecule has 3 aromatic rings. The lowest BCUT2D eigenvalue weighted by Crippen LogP contribution is -2.13. The molecule has 2 aromatic heterocycles. The van der Waals surface area contributed by atoms with Gasteiger partial charge in [-0.2, -0.15) is 0 Å². The van der Waals surface area contributed by atoms with E-state index in [1.165, 1.54) is 18.3 Å². The molecule has 134 valence electrons. The average molecular weight is 355 g/mol. The molecule has 1 aromatic carbocycles. The maximum absolute atomic E-state index is 12.1. The number of carbonyl (C=O) groups excluding carboxylic acids is 1. The molecule has 0 fully saturated rings. The van der Waals surface area contributed by atoms with Crippen LogP contribution in [-0.2, 0) is 18.3 Å². The van der Waals surface area contributed by atoms with E-state index in [0.29, 0.717) is 23.6 Å². The third-order valence-electron chi connectivity index (χ3n) is 3.73. The van der Waals surface area contributed by atoms with E-state index in [1.54, 1.807) is 36.1 Å². The van der Waals surface area contributed by atoms with Gasteiger partial charge in [-0.1, -0.05) is 0 Å². The van der Waals surface area contributed by atoms with E-state index in [9.17, 15) is 14.7 Å². The highest BCUT2D eigenvalue weighted by Crippen LogP contribution is 2.22. The molecule has 2 heterocycles. The quantitative estimate of drug-likeness (QED) is 0.626. The van der Waals surface area contributed by atoms with Crippen molar-refractivity contribution in [1.29, 1.82) is 0 Å². The fourth-order valence-electron chi connectivity index (χ4n) is 2.46. The molecule has 0 saturated carbocycles. The van der Waals surface area contributed by atoms with Crippen LogP contribution < -0.4 is 5.32 Å². The summed E-state index contributed by atoms with van der Waals surface area (Å²) in [6, 6.07) is 6.43. The van der Waals surface area contributed by atoms with E-state index in [0.717, 1.165) is 0 Å². The highest BCUT2D eigenvalue weighted by Gasteiger charge is 2.15. The Hall–Kier alpha value is -3.55. The van der Waals surface area contributed by atoms with Crippen molar-refractivity contribution < 1.29 is 24.2 Å². The first-order valence-electron chi connectivity index (χ1n) is 7.85. The zero-order valence-electron chi connectivity index (χ0n) is 14.0. The number of aromatic nitrogens is 2. The number of aromatic hydroxyl groups is 1. The second-order valence-corrected chi connectivity index (χ2v) is 5.78. The Balaban J connectivity index is 1.60. The van der Waals surface area contributed by atoms with Crippen molar-refractivity contribution in [1.82, 2.24) is 9.55 Å². The van der Waals surface area contributed by atoms with E-state index >= 15 is 0 Å². The SMILES string of the molecule is Cn1cc(NC(=O)CCc2cnc(-c3ccc(O)cc3)o2)c(C(=O)O)c1. The summed E-state index contributed by atoms with van der Waals surface area (Å²) in [7, 11) is 1.68. The van der Waals surface area contributed by atoms with Crippen LogP contribution in [0.25, 0.3) is 11.5 Å². The van der Waals surface area contributed by atoms with Crippen molar-refractivity contribution >= 4 is 17.6 Å². The van der Waals surface area contributed by atoms with Gasteiger partial charge in [0.2, 0.25) is 11.8 Å². The molecule has 0 radical (unpaired) electrons. The molecule has 0 aliphatic rings. The number of nitrogens with zero attached hydrogens (tertiary/aromatic N) is 2. The van der Waals surface area contributed by atoms with Crippen molar-refractivity contribution in [2.24, 2.45) is 7.05 Å². The minimum atomic E-state index is -1.10. The Morgan fingerprint density at radius 3 is 2.65 bits per heavy atom. The number of benzene rings is 1. The van der Waals surface area contributed by atoms with Crippen LogP contribution in [0.4, 0.5) is 5.69 Å². The number of aryl methyl sites for hydroxylation is 2. The molecule has 8 nitrogen and oxygen atoms in total. The summed E-state index contributed by atoms with van der Waals surface area (Å²) in [5.74, 6) is -0.332. The summed E-state index contributed by atoms with van der Waals surface area (Å²) in [4.78, 5) is 27.4. The van der Waals surface area contributed by atoms with Crippen LogP contribution in [0, 0.1) is 0 Å². The molecule has 1 amide bonds. The van der Waals surface area contributed by atoms with Gasteiger partial charge < -0.3 is 24.5 Å². The number of carboxylic acid groups (broad SMARTS) is 1. The fraction of sp³-hybridized carbons (Fsp3) is 0.167. The number of carbonyl (C=O) groups is 2. The summed E-state index contributed by atoms with van der Waals surface area (Å²) >= 11 is 0. The van der Waals surface area contributed by atoms with E-state index in [1.807, 2.05) is 0 Å². The third kappa shape index (κ3) is 3.92. The van der Waals surface area contributed by atoms with Gasteiger partial charge in [-0.05, 0) is 24.3 Å². The molecule has 0 spiro atoms. The van der Waals surface area contributed by atoms with E-state index in [2.05, 4.69) is 10.3 Å². The van der Waals surface area contributed by atoms with Crippen molar-refractivity contribution in [2.45, 2.75) is 12.8 Å². The molecular formula is C18H17N3O5. The number of carboxylic acids is 1. The highest BCUT2D eigenvalue weighted by atomic mass is 16.4. The lowest BCUT2D eigenvalue weighted by Gasteiger charge is -2.03. The Morgan fingerprint density at radius 2 is 1.96 bits per heavy atom. The van der Waals surface area contributed by atoms with Crippen LogP contribution in [0.15, 0.2) is 47.3 Å². The summed E-state index contributed by atoms with van der Waals surface area (Å²) in [5, 5.41) is 21.0. The van der Waals surface area contributed by atoms with Gasteiger partial charge in [0.15, 0.2) is 0 Å². The molecule has 0 aliphatic carbocycles. The first-order valence-corrected chi connectivity index (χ1v) is 7.85. The summed E-state index contributed by atoms with van der Waals surface area (Å²) in [6.07, 6.45) is 4.96. The summed E-state index contributed by atoms with van der Waals surface area (Å²) in [5.41, 5.74) is 1.01. The first kappa shape index (κ1) is 17.3. The van der Waals surface area contributed by atoms with Crippen LogP contribution in [0.2, 0.25) is 0 Å². The maximum atomic E-state index is 12.1. The lowest BCUT2D eigenvalue weighted by atomic mass is 10.2. The van der Waals surface area contributed by atoms with Gasteiger partial charge in [0.05, 0.1) is 11.9 Å². The number of nitrogens with one attached hydrogen (secondary N) is 1. The zero-order chi connectivity index (χ0) is 18.7. The molecule has 0 atom stereocenters. The van der Waals surface area contributed by atoms with Gasteiger partial charge in [-0.15, -0.1) is 0 Å². The number of anilines is 1. The zero-order valence-corrected chi connectivity index (χ0v) is 14.0. The normalized spacial score (nSPS) is 10.7. The van der Waals surface area contributed by atoms with Gasteiger partial charge in [0.25, 0.3) is 0 Å². The smallest absolute Gasteiger partial charge is 0.339 e. The van der Waals surface area contributed by atoms with Crippen LogP contribution >= 0.6 is 0 Å². The number of phenolic OH excluding ortho intramolecular Hbond substituents is 1. The Kier molecular flexibility index (Phi) is 4.74. The number of amides is 1. The van der Waals surface area contributed by atoms with Gasteiger partial charge in [0.1, 0.15) is 17.1 Å². The molecular weight excluding hydrogens is 338 g/mol. The van der Waals surface area contributed by atoms with Crippen LogP contribution in [0.1, 0.15) is 22.5 Å². The van der Waals surface area contributed by atoms with Gasteiger partial charge in [0, 0.05) is 37.8 Å². The summed E-state index contributed by atoms with van der Waals surface area (Å²) < 4.78 is 7.17. The standard InChI is InChI=1S/C18H17N3O5/c1-21-9-14(18(24)25)15(10-21)20-16(23)7-6-13-8-19-17(26-13)11-2-4-12(22)5-3-11/h2-5,8-10,22H,6-7H2,1H3,(H,20,23)(H,24,25). The highest BCUT2D eigenvalue weighted by molar-refractivity contribution is 6.00. The van der Waals surface area contributed by atoms with E-state index < -0.39 is 5.97 Å². The van der Waals surface area contributed by atoms with Crippen molar-refractivity contribution in [3.05, 3.63) is 54.2 Å². The number of rotatable bonds is 6. The van der Waals surface area contributed by atoms with Gasteiger partial charge in [-0.25, -0.2) is 9.78 Å². The monoisotopic (exact) mass is 355 g/mol. The van der Waals surface area contributed by atoms with Crippen LogP contribution in [0.3, 0.4) is 0 Å². The first-order chi connectivity index (χ1) is 12.4. The second-order valence-electron chi connectivity index (χ2n) is 5.78. The predicted octanol–water partition coefficient (Wildman–Crippen LogP) is 2.66. The molecule has 26 heavy (non-hydrogen) atoms. The number of hydrogen-bond donors (Lipinski definition) is 3. The summed E-state index contributed by atoms with van der Waals surface area (Å²) in [6.45, 7) is 0. The Bertz CT molecular complexity index is 940. The van der Waals surface area contributed by atoms with Crippen molar-refractivity contribution in [2.75, 3.05) is 5.32 Å². The molecule has 0 bridgehead atoms. The predicted molar refractivity (Wildman–Crippen MR) is 92.9 cm³/mol. The van der Waals surface area contributed by atoms with Gasteiger partial charge >= 0.3 is 5.97 Å². The molecule has 3 N–H and O–H groups in total. The molecule has 3 rings (SSSR count). The Labute approximate surface area is 148 Å². The third-order valence-corrected chi connectivity index (χ3v) is 3.73. The maximum Gasteiger partial charge on any atom is 0.339 e. The number of oxazole rings is 1. The fourth-order valence-corrected chi connectivity index (χ4v) is 2.46. The van der Waals surface area contributed by atoms with Crippen molar-refractivity contribution in [3.63, 3.8) is 0 Å². The van der Waals surface area contributed by atoms with Crippen LogP contribution in [-0.4, -0.2) is 31.6 Å².